The van der Waals surface area contributed by atoms with E-state index in [2.05, 4.69) is 101 Å². The maximum absolute atomic E-state index is 16.2. The molecule has 0 spiro atoms. The molecule has 0 radical (unpaired) electrons. The van der Waals surface area contributed by atoms with Gasteiger partial charge in [-0.2, -0.15) is 15.2 Å². The average Bonchev–Trinajstić information content (AvgIpc) is 1.47. The number of hydrogen-bond donors (Lipinski definition) is 4. The number of carbonyl (C=O) groups is 4. The average molecular weight is 2020 g/mol. The Kier molecular flexibility index (Phi) is 28.5. The zero-order chi connectivity index (χ0) is 102. The van der Waals surface area contributed by atoms with E-state index in [-0.39, 0.29) is 124 Å². The number of aromatic nitrogens is 12. The molecule has 0 unspecified atom stereocenters. The van der Waals surface area contributed by atoms with Gasteiger partial charge in [0.2, 0.25) is 29.6 Å². The van der Waals surface area contributed by atoms with Crippen molar-refractivity contribution in [3.8, 4) is 56.0 Å². The summed E-state index contributed by atoms with van der Waals surface area (Å²) in [6.45, 7) is 41.8. The normalized spacial score (nSPS) is 17.9. The number of nitrogens with zero attached hydrogens (tertiary/aromatic N) is 20. The van der Waals surface area contributed by atoms with E-state index in [4.69, 9.17) is 51.4 Å². The number of aromatic hydroxyl groups is 2. The maximum atomic E-state index is 16.2. The Morgan fingerprint density at radius 3 is 1.21 bits per heavy atom. The first kappa shape index (κ1) is 100. The summed E-state index contributed by atoms with van der Waals surface area (Å²) in [7, 11) is 3.99. The molecule has 11 heterocycles. The Labute approximate surface area is 841 Å². The quantitative estimate of drug-likeness (QED) is 0.0581. The number of aryl methyl sites for hydroxylation is 5. The van der Waals surface area contributed by atoms with Crippen LogP contribution in [0.4, 0.5) is 51.2 Å². The van der Waals surface area contributed by atoms with Crippen LogP contribution in [-0.2, 0) is 19.2 Å². The van der Waals surface area contributed by atoms with Gasteiger partial charge in [-0.1, -0.05) is 127 Å². The monoisotopic (exact) mass is 2020 g/mol. The second kappa shape index (κ2) is 40.6. The van der Waals surface area contributed by atoms with Gasteiger partial charge in [0.05, 0.1) is 49.1 Å². The predicted molar refractivity (Wildman–Crippen MR) is 557 cm³/mol. The zero-order valence-corrected chi connectivity index (χ0v) is 84.0. The lowest BCUT2D eigenvalue weighted by Gasteiger charge is -2.44. The van der Waals surface area contributed by atoms with Gasteiger partial charge in [0.25, 0.3) is 0 Å². The number of piperazine rings is 4. The van der Waals surface area contributed by atoms with Gasteiger partial charge in [-0.15, -0.1) is 0 Å². The molecule has 5 fully saturated rings. The molecule has 6 aromatic heterocycles. The Bertz CT molecular complexity index is 7670. The van der Waals surface area contributed by atoms with Gasteiger partial charge in [0.1, 0.15) is 80.1 Å². The molecule has 143 heavy (non-hydrogen) atoms. The highest BCUT2D eigenvalue weighted by Crippen LogP contribution is 2.49. The topological polar surface area (TPSA) is 302 Å². The molecule has 738 valence electrons. The summed E-state index contributed by atoms with van der Waals surface area (Å²) in [6.07, 6.45) is 8.69. The van der Waals surface area contributed by atoms with E-state index in [1.807, 2.05) is 133 Å². The standard InChI is InChI=1S/C28H26ClFN4O2.C27H29ClF2N6O2.C26H26ClFN6O.C25H24ClFN6O/c1-5-24(36)34-15(2)13-33(14-16(34)3)28-22-12-23(29)25(26(30)27(22)31-17(4)32-28)21-11-19(35)10-18-8-6-7-9-20(18)21;1-5-21(38)34-9-10-36(15(2)12-34)26-17-11-18(28)22(23-19(29)7-6-8-20(23)37)24(30)25(17)31-27(32-26)35-13-16(14-35)33(3)4;1-6-20(35)34-14(3)11-33(12-15(34)4)26-18-9-19(27)22(23(28)25(18)30-16(5)31-26)21-13(2)7-8-17-10-29-32-24(17)21;1-5-19(34)32-8-9-33(14(3)12-32)25-17-10-18(26)21(22(27)24(17)29-15(4)30-25)20-13(2)6-7-16-11-28-31-23(16)20/h5-12,15-16,35H,1,13-14H2,2-4H3;5-8,11,15-16,37H,1,9-10,12-14H2,2-4H3;6-10,14-15H,1,11-12H2,2-5H3,(H,29,32);5-7,10-11,14H,1,8-9,12H2,2-4H3,(H,28,31)/t15-,16+;15-;14-,15+;14-/m.0.0/s1. The van der Waals surface area contributed by atoms with Crippen molar-refractivity contribution in [2.75, 3.05) is 117 Å². The molecule has 9 aromatic carbocycles. The SMILES string of the molecule is C=CC(=O)N1CCN(c2nc(C)nc3c(F)c(-c4c(C)ccc5cn[nH]c45)c(Cl)cc23)[C@@H](C)C1.C=CC(=O)N1CCN(c2nc(N3CC(N(C)C)C3)nc3c(F)c(-c4c(O)cccc4F)c(Cl)cc23)[C@@H](C)C1.C=CC(=O)N1[C@H](C)CN(c2nc(C)nc3c(F)c(-c4c(C)ccc5cn[nH]c45)c(Cl)cc23)C[C@@H]1C.C=CC(=O)N1[C@H](C)CN(c2nc(C)nc3c(F)c(-c4cc(O)cc5ccccc45)c(Cl)cc23)C[C@@H]1C. The fraction of sp³-hybridized carbons (Fsp3) is 0.302. The fourth-order valence-corrected chi connectivity index (χ4v) is 21.5. The van der Waals surface area contributed by atoms with Crippen LogP contribution in [0.2, 0.25) is 20.1 Å². The minimum absolute atomic E-state index is 0.0165. The lowest BCUT2D eigenvalue weighted by Crippen LogP contribution is -2.58. The molecule has 5 aliphatic rings. The first-order valence-corrected chi connectivity index (χ1v) is 48.2. The minimum Gasteiger partial charge on any atom is -0.508 e. The van der Waals surface area contributed by atoms with Gasteiger partial charge >= 0.3 is 0 Å². The number of halogens is 9. The highest BCUT2D eigenvalue weighted by atomic mass is 35.5. The van der Waals surface area contributed by atoms with Gasteiger partial charge in [0, 0.05) is 187 Å². The summed E-state index contributed by atoms with van der Waals surface area (Å²) >= 11 is 26.8. The smallest absolute Gasteiger partial charge is 0.246 e. The molecule has 6 atom stereocenters. The van der Waals surface area contributed by atoms with E-state index in [0.29, 0.717) is 181 Å². The molecule has 5 saturated heterocycles. The summed E-state index contributed by atoms with van der Waals surface area (Å²) in [5, 5.41) is 40.8. The Hall–Kier alpha value is -14.3. The molecule has 5 aliphatic heterocycles. The molecule has 28 nitrogen and oxygen atoms in total. The van der Waals surface area contributed by atoms with Crippen LogP contribution in [0, 0.1) is 63.7 Å². The lowest BCUT2D eigenvalue weighted by atomic mass is 9.96. The number of H-pyrrole nitrogens is 2. The molecule has 0 bridgehead atoms. The van der Waals surface area contributed by atoms with Crippen LogP contribution in [0.5, 0.6) is 11.5 Å². The van der Waals surface area contributed by atoms with Crippen molar-refractivity contribution in [1.29, 1.82) is 0 Å². The zero-order valence-electron chi connectivity index (χ0n) is 81.0. The number of benzene rings is 9. The van der Waals surface area contributed by atoms with E-state index in [1.165, 1.54) is 48.6 Å². The number of anilines is 5. The van der Waals surface area contributed by atoms with Crippen LogP contribution >= 0.6 is 46.4 Å². The summed E-state index contributed by atoms with van der Waals surface area (Å²) < 4.78 is 79.6. The summed E-state index contributed by atoms with van der Waals surface area (Å²) in [5.74, 6) is -0.0644. The number of fused-ring (bicyclic) bond motifs is 7. The highest BCUT2D eigenvalue weighted by Gasteiger charge is 2.40. The second-order valence-electron chi connectivity index (χ2n) is 37.1. The van der Waals surface area contributed by atoms with Gasteiger partial charge in [0.15, 0.2) is 23.3 Å². The third-order valence-electron chi connectivity index (χ3n) is 27.2. The van der Waals surface area contributed by atoms with Crippen LogP contribution in [0.15, 0.2) is 166 Å². The van der Waals surface area contributed by atoms with Crippen molar-refractivity contribution in [3.63, 3.8) is 0 Å². The van der Waals surface area contributed by atoms with Crippen molar-refractivity contribution in [3.05, 3.63) is 244 Å². The predicted octanol–water partition coefficient (Wildman–Crippen LogP) is 19.8. The number of likely N-dealkylation sites (N-methyl/N-ethyl adjacent to an activating group) is 1. The number of rotatable bonds is 14. The van der Waals surface area contributed by atoms with E-state index in [9.17, 15) is 33.8 Å². The molecule has 4 N–H and O–H groups in total. The number of nitrogens with one attached hydrogen (secondary N) is 2. The minimum atomic E-state index is -0.837. The Morgan fingerprint density at radius 1 is 0.399 bits per heavy atom. The first-order valence-electron chi connectivity index (χ1n) is 46.7. The number of phenols is 2. The highest BCUT2D eigenvalue weighted by molar-refractivity contribution is 6.37. The van der Waals surface area contributed by atoms with Crippen molar-refractivity contribution in [2.24, 2.45) is 0 Å². The van der Waals surface area contributed by atoms with E-state index < -0.39 is 34.8 Å². The fourth-order valence-electron chi connectivity index (χ4n) is 20.4. The Morgan fingerprint density at radius 2 is 0.790 bits per heavy atom. The van der Waals surface area contributed by atoms with Crippen LogP contribution < -0.4 is 24.5 Å². The van der Waals surface area contributed by atoms with E-state index in [0.717, 1.165) is 49.8 Å². The van der Waals surface area contributed by atoms with Crippen molar-refractivity contribution in [2.45, 2.75) is 118 Å². The van der Waals surface area contributed by atoms with Crippen LogP contribution in [-0.4, -0.2) is 254 Å². The first-order chi connectivity index (χ1) is 68.3. The van der Waals surface area contributed by atoms with Crippen LogP contribution in [0.25, 0.3) is 121 Å². The van der Waals surface area contributed by atoms with E-state index in [1.54, 1.807) is 72.1 Å². The van der Waals surface area contributed by atoms with Gasteiger partial charge in [-0.05, 0) is 191 Å². The van der Waals surface area contributed by atoms with Gasteiger partial charge < -0.3 is 59.2 Å². The maximum Gasteiger partial charge on any atom is 0.246 e. The van der Waals surface area contributed by atoms with Crippen molar-refractivity contribution >= 4 is 175 Å². The number of carbonyl (C=O) groups excluding carboxylic acids is 4. The number of hydrogen-bond acceptors (Lipinski definition) is 22. The summed E-state index contributed by atoms with van der Waals surface area (Å²) in [5.41, 5.74) is 5.79. The molecule has 15 aromatic rings. The molecule has 0 aliphatic carbocycles. The summed E-state index contributed by atoms with van der Waals surface area (Å²) in [6, 6.07) is 28.6. The number of phenolic OH excluding ortho intramolecular Hbond substituents is 2. The molecule has 20 rings (SSSR count). The third-order valence-corrected chi connectivity index (χ3v) is 28.4. The van der Waals surface area contributed by atoms with Crippen LogP contribution in [0.1, 0.15) is 70.1 Å². The van der Waals surface area contributed by atoms with Gasteiger partial charge in [-0.3, -0.25) is 29.4 Å². The van der Waals surface area contributed by atoms with Crippen molar-refractivity contribution in [1.82, 2.24) is 84.8 Å². The molecular formula is C106H105Cl4F5N22O6. The van der Waals surface area contributed by atoms with Crippen LogP contribution in [0.3, 0.4) is 0 Å². The Balaban J connectivity index is 0.000000131. The molecule has 4 amide bonds. The number of aromatic amines is 2. The molecule has 0 saturated carbocycles. The third kappa shape index (κ3) is 18.9. The van der Waals surface area contributed by atoms with Gasteiger partial charge in [-0.25, -0.2) is 56.8 Å². The van der Waals surface area contributed by atoms with Crippen molar-refractivity contribution < 1.29 is 51.3 Å². The second-order valence-corrected chi connectivity index (χ2v) is 38.8. The molecule has 37 heteroatoms. The largest absolute Gasteiger partial charge is 0.508 e. The number of amides is 4. The lowest BCUT2D eigenvalue weighted by molar-refractivity contribution is -0.131. The molecular weight excluding hydrogens is 1910 g/mol. The summed E-state index contributed by atoms with van der Waals surface area (Å²) in [4.78, 5) is 105. The van der Waals surface area contributed by atoms with E-state index >= 15 is 17.6 Å².